The van der Waals surface area contributed by atoms with Crippen LogP contribution in [0, 0.1) is 0 Å². The van der Waals surface area contributed by atoms with E-state index in [1.165, 1.54) is 7.11 Å². The third kappa shape index (κ3) is 4.45. The molecule has 116 valence electrons. The molecule has 0 N–H and O–H groups in total. The van der Waals surface area contributed by atoms with E-state index in [-0.39, 0.29) is 5.97 Å². The van der Waals surface area contributed by atoms with Gasteiger partial charge >= 0.3 is 11.9 Å². The number of ether oxygens (including phenoxy) is 3. The number of hydrogen-bond acceptors (Lipinski definition) is 6. The number of nitrogens with zero attached hydrogens (tertiary/aromatic N) is 1. The van der Waals surface area contributed by atoms with E-state index in [9.17, 15) is 9.59 Å². The summed E-state index contributed by atoms with van der Waals surface area (Å²) < 4.78 is 15.7. The Morgan fingerprint density at radius 2 is 2.00 bits per heavy atom. The van der Waals surface area contributed by atoms with Crippen molar-refractivity contribution in [3.63, 3.8) is 0 Å². The number of hydrogen-bond donors (Lipinski definition) is 0. The highest BCUT2D eigenvalue weighted by molar-refractivity contribution is 5.79. The van der Waals surface area contributed by atoms with E-state index in [0.717, 1.165) is 6.42 Å². The summed E-state index contributed by atoms with van der Waals surface area (Å²) in [5.41, 5.74) is -0.590. The van der Waals surface area contributed by atoms with Crippen LogP contribution in [0.15, 0.2) is 0 Å². The van der Waals surface area contributed by atoms with Gasteiger partial charge in [0.2, 0.25) is 6.23 Å². The Morgan fingerprint density at radius 3 is 2.50 bits per heavy atom. The fourth-order valence-electron chi connectivity index (χ4n) is 2.27. The molecule has 2 atom stereocenters. The van der Waals surface area contributed by atoms with Crippen LogP contribution in [0.4, 0.5) is 0 Å². The maximum atomic E-state index is 12.3. The molecular weight excluding hydrogens is 262 g/mol. The normalized spacial score (nSPS) is 21.6. The van der Waals surface area contributed by atoms with E-state index in [2.05, 4.69) is 0 Å². The number of esters is 2. The van der Waals surface area contributed by atoms with Crippen LogP contribution in [0.1, 0.15) is 40.5 Å². The molecule has 6 nitrogen and oxygen atoms in total. The maximum absolute atomic E-state index is 12.3. The number of rotatable bonds is 5. The largest absolute Gasteiger partial charge is 0.468 e. The van der Waals surface area contributed by atoms with Crippen LogP contribution < -0.4 is 0 Å². The van der Waals surface area contributed by atoms with Crippen LogP contribution in [0.2, 0.25) is 0 Å². The van der Waals surface area contributed by atoms with Gasteiger partial charge < -0.3 is 14.2 Å². The Bertz CT molecular complexity index is 350. The molecule has 6 heteroatoms. The lowest BCUT2D eigenvalue weighted by molar-refractivity contribution is -0.185. The lowest BCUT2D eigenvalue weighted by atomic mass is 10.2. The highest BCUT2D eigenvalue weighted by Crippen LogP contribution is 2.23. The first kappa shape index (κ1) is 16.9. The molecule has 0 aromatic carbocycles. The second kappa shape index (κ2) is 7.04. The van der Waals surface area contributed by atoms with Crippen molar-refractivity contribution < 1.29 is 23.8 Å². The van der Waals surface area contributed by atoms with E-state index in [1.54, 1.807) is 32.6 Å². The van der Waals surface area contributed by atoms with Gasteiger partial charge in [-0.05, 0) is 40.5 Å². The highest BCUT2D eigenvalue weighted by Gasteiger charge is 2.41. The predicted octanol–water partition coefficient (Wildman–Crippen LogP) is 1.33. The van der Waals surface area contributed by atoms with Crippen LogP contribution in [-0.2, 0) is 23.8 Å². The molecule has 0 bridgehead atoms. The second-order valence-corrected chi connectivity index (χ2v) is 5.76. The molecule has 0 aromatic heterocycles. The molecule has 0 saturated carbocycles. The van der Waals surface area contributed by atoms with E-state index in [1.807, 2.05) is 0 Å². The quantitative estimate of drug-likeness (QED) is 0.711. The minimum Gasteiger partial charge on any atom is -0.468 e. The zero-order valence-corrected chi connectivity index (χ0v) is 13.0. The molecule has 1 saturated heterocycles. The first-order valence-corrected chi connectivity index (χ1v) is 6.98. The summed E-state index contributed by atoms with van der Waals surface area (Å²) in [6.07, 6.45) is 0.636. The number of carbonyl (C=O) groups is 2. The minimum atomic E-state index is -0.856. The molecule has 1 fully saturated rings. The zero-order valence-electron chi connectivity index (χ0n) is 13.0. The monoisotopic (exact) mass is 287 g/mol. The summed E-state index contributed by atoms with van der Waals surface area (Å²) in [5, 5.41) is 0. The summed E-state index contributed by atoms with van der Waals surface area (Å²) in [5.74, 6) is -0.800. The van der Waals surface area contributed by atoms with Crippen LogP contribution in [-0.4, -0.2) is 55.0 Å². The van der Waals surface area contributed by atoms with E-state index in [4.69, 9.17) is 14.2 Å². The average Bonchev–Trinajstić information content (AvgIpc) is 2.81. The SMILES string of the molecule is CCOC(C(=O)OC(C)(C)C)N1CCC[C@H]1C(=O)OC. The molecule has 0 aromatic rings. The van der Waals surface area contributed by atoms with E-state index >= 15 is 0 Å². The Balaban J connectivity index is 2.84. The van der Waals surface area contributed by atoms with Crippen LogP contribution >= 0.6 is 0 Å². The summed E-state index contributed by atoms with van der Waals surface area (Å²) in [6.45, 7) is 8.19. The summed E-state index contributed by atoms with van der Waals surface area (Å²) in [7, 11) is 1.35. The van der Waals surface area contributed by atoms with Crippen molar-refractivity contribution in [2.24, 2.45) is 0 Å². The molecule has 0 radical (unpaired) electrons. The fourth-order valence-corrected chi connectivity index (χ4v) is 2.27. The Hall–Kier alpha value is -1.14. The van der Waals surface area contributed by atoms with Gasteiger partial charge in [0.15, 0.2) is 0 Å². The summed E-state index contributed by atoms with van der Waals surface area (Å²) in [4.78, 5) is 25.7. The van der Waals surface area contributed by atoms with Gasteiger partial charge in [-0.15, -0.1) is 0 Å². The standard InChI is InChI=1S/C14H25NO5/c1-6-19-11(13(17)20-14(2,3)4)15-9-7-8-10(15)12(16)18-5/h10-11H,6-9H2,1-5H3/t10-,11?/m0/s1. The van der Waals surface area contributed by atoms with Gasteiger partial charge in [0.25, 0.3) is 0 Å². The van der Waals surface area contributed by atoms with Gasteiger partial charge in [-0.25, -0.2) is 4.79 Å². The lowest BCUT2D eigenvalue weighted by Gasteiger charge is -2.31. The molecule has 1 aliphatic rings. The topological polar surface area (TPSA) is 65.1 Å². The third-order valence-electron chi connectivity index (χ3n) is 3.00. The van der Waals surface area contributed by atoms with Crippen molar-refractivity contribution in [2.45, 2.75) is 58.4 Å². The Kier molecular flexibility index (Phi) is 5.95. The molecule has 1 unspecified atom stereocenters. The molecule has 1 rings (SSSR count). The molecule has 20 heavy (non-hydrogen) atoms. The van der Waals surface area contributed by atoms with Crippen LogP contribution in [0.25, 0.3) is 0 Å². The minimum absolute atomic E-state index is 0.337. The fraction of sp³-hybridized carbons (Fsp3) is 0.857. The van der Waals surface area contributed by atoms with Crippen molar-refractivity contribution in [1.82, 2.24) is 4.90 Å². The van der Waals surface area contributed by atoms with Crippen molar-refractivity contribution in [3.8, 4) is 0 Å². The first-order valence-electron chi connectivity index (χ1n) is 6.98. The highest BCUT2D eigenvalue weighted by atomic mass is 16.6. The van der Waals surface area contributed by atoms with Crippen molar-refractivity contribution >= 4 is 11.9 Å². The van der Waals surface area contributed by atoms with Gasteiger partial charge in [-0.1, -0.05) is 0 Å². The average molecular weight is 287 g/mol. The van der Waals surface area contributed by atoms with Gasteiger partial charge in [0, 0.05) is 13.2 Å². The van der Waals surface area contributed by atoms with Gasteiger partial charge in [0.1, 0.15) is 11.6 Å². The molecule has 1 heterocycles. The smallest absolute Gasteiger partial charge is 0.351 e. The zero-order chi connectivity index (χ0) is 15.3. The van der Waals surface area contributed by atoms with E-state index in [0.29, 0.717) is 19.6 Å². The molecule has 1 aliphatic heterocycles. The van der Waals surface area contributed by atoms with Crippen LogP contribution in [0.3, 0.4) is 0 Å². The predicted molar refractivity (Wildman–Crippen MR) is 73.0 cm³/mol. The molecule has 0 aliphatic carbocycles. The van der Waals surface area contributed by atoms with Crippen molar-refractivity contribution in [1.29, 1.82) is 0 Å². The lowest BCUT2D eigenvalue weighted by Crippen LogP contribution is -2.50. The number of carbonyl (C=O) groups excluding carboxylic acids is 2. The second-order valence-electron chi connectivity index (χ2n) is 5.76. The van der Waals surface area contributed by atoms with Crippen molar-refractivity contribution in [3.05, 3.63) is 0 Å². The molecule has 0 amide bonds. The first-order chi connectivity index (χ1) is 9.30. The summed E-state index contributed by atoms with van der Waals surface area (Å²) in [6, 6.07) is -0.441. The third-order valence-corrected chi connectivity index (χ3v) is 3.00. The summed E-state index contributed by atoms with van der Waals surface area (Å²) >= 11 is 0. The Labute approximate surface area is 120 Å². The van der Waals surface area contributed by atoms with Gasteiger partial charge in [-0.2, -0.15) is 0 Å². The van der Waals surface area contributed by atoms with Crippen molar-refractivity contribution in [2.75, 3.05) is 20.3 Å². The number of likely N-dealkylation sites (tertiary alicyclic amines) is 1. The molecular formula is C14H25NO5. The van der Waals surface area contributed by atoms with Gasteiger partial charge in [-0.3, -0.25) is 9.69 Å². The van der Waals surface area contributed by atoms with E-state index < -0.39 is 23.8 Å². The molecule has 0 spiro atoms. The number of methoxy groups -OCH3 is 1. The van der Waals surface area contributed by atoms with Crippen LogP contribution in [0.5, 0.6) is 0 Å². The van der Waals surface area contributed by atoms with Gasteiger partial charge in [0.05, 0.1) is 7.11 Å². The Morgan fingerprint density at radius 1 is 1.35 bits per heavy atom. The maximum Gasteiger partial charge on any atom is 0.351 e.